The Balaban J connectivity index is 1.61. The molecule has 15 atom stereocenters. The van der Waals surface area contributed by atoms with Crippen LogP contribution in [0.5, 0.6) is 0 Å². The first kappa shape index (κ1) is 117. The fourth-order valence-corrected chi connectivity index (χ4v) is 15.4. The number of hydrogen-bond donors (Lipinski definition) is 10. The third-order valence-corrected chi connectivity index (χ3v) is 21.2. The molecule has 9 amide bonds. The first-order valence-corrected chi connectivity index (χ1v) is 46.0. The second kappa shape index (κ2) is 66.3. The number of ether oxygens (including phenoxy) is 15. The summed E-state index contributed by atoms with van der Waals surface area (Å²) < 4.78 is 86.0. The van der Waals surface area contributed by atoms with Crippen LogP contribution < -0.4 is 53.6 Å². The van der Waals surface area contributed by atoms with Gasteiger partial charge in [-0.2, -0.15) is 0 Å². The minimum absolute atomic E-state index is 0.101. The van der Waals surface area contributed by atoms with E-state index in [0.717, 1.165) is 41.5 Å². The molecule has 44 heteroatoms. The van der Waals surface area contributed by atoms with Gasteiger partial charge in [-0.3, -0.25) is 91.1 Å². The van der Waals surface area contributed by atoms with E-state index in [1.54, 1.807) is 0 Å². The molecule has 0 bridgehead atoms. The van der Waals surface area contributed by atoms with Crippen molar-refractivity contribution >= 4 is 113 Å². The maximum absolute atomic E-state index is 13.9. The van der Waals surface area contributed by atoms with Crippen LogP contribution in [0.4, 0.5) is 0 Å². The number of carbonyl (C=O) groups excluding carboxylic acids is 19. The molecule has 0 radical (unpaired) electrons. The highest BCUT2D eigenvalue weighted by atomic mass is 16.7. The van der Waals surface area contributed by atoms with Crippen molar-refractivity contribution in [3.8, 4) is 0 Å². The van der Waals surface area contributed by atoms with Gasteiger partial charge in [-0.15, -0.1) is 0 Å². The Morgan fingerprint density at radius 2 is 0.511 bits per heavy atom. The van der Waals surface area contributed by atoms with Crippen LogP contribution in [0, 0.1) is 5.41 Å². The molecule has 756 valence electrons. The molecule has 3 aliphatic rings. The van der Waals surface area contributed by atoms with Crippen LogP contribution >= 0.6 is 0 Å². The van der Waals surface area contributed by atoms with Crippen molar-refractivity contribution in [2.24, 2.45) is 11.1 Å². The number of esters is 9. The van der Waals surface area contributed by atoms with Gasteiger partial charge in [0.1, 0.15) is 43.9 Å². The molecule has 3 fully saturated rings. The monoisotopic (exact) mass is 1900 g/mol. The SMILES string of the molecule is CC(=O)N[C@@H]1C(CCCCCC(=O)NCCCNC(=O)CCOCC(COCCC(=O)NCCCNC(=O)CCCCCC2O[C@H](COC(C)=O)[C@H](OC(C)=O)[C@H](OC(C)=O)[C@@H]2NC(C)=O)(COCCC(=O)NCCCNC(=O)CCCCCC2O[C@H](COC(C)=O)[C@H](OC(C)=O)[C@H](OC(C)=O)[C@@H]2NC(C)=O)CC(=O)CCCCCN)O[C@H](COC(C)=O)[C@H](OC(C)=O)[C@@H]1OC(C)=O. The fourth-order valence-electron chi connectivity index (χ4n) is 15.4. The summed E-state index contributed by atoms with van der Waals surface area (Å²) in [6, 6.07) is -2.82. The number of unbranched alkanes of at least 4 members (excludes halogenated alkanes) is 8. The minimum Gasteiger partial charge on any atom is -0.463 e. The van der Waals surface area contributed by atoms with Gasteiger partial charge in [0.15, 0.2) is 36.6 Å². The molecule has 3 saturated heterocycles. The fraction of sp³-hybridized carbons (Fsp3) is 0.787. The molecule has 133 heavy (non-hydrogen) atoms. The van der Waals surface area contributed by atoms with Crippen LogP contribution in [-0.4, -0.2) is 309 Å². The first-order valence-electron chi connectivity index (χ1n) is 46.0. The van der Waals surface area contributed by atoms with Gasteiger partial charge in [0.25, 0.3) is 0 Å². The lowest BCUT2D eigenvalue weighted by atomic mass is 9.84. The Kier molecular flexibility index (Phi) is 58.3. The van der Waals surface area contributed by atoms with Crippen LogP contribution in [0.3, 0.4) is 0 Å². The van der Waals surface area contributed by atoms with E-state index in [1.165, 1.54) is 41.5 Å². The number of ketones is 1. The smallest absolute Gasteiger partial charge is 0.303 e. The van der Waals surface area contributed by atoms with Crippen molar-refractivity contribution in [1.82, 2.24) is 47.9 Å². The summed E-state index contributed by atoms with van der Waals surface area (Å²) in [5, 5.41) is 25.2. The lowest BCUT2D eigenvalue weighted by molar-refractivity contribution is -0.224. The number of carbonyl (C=O) groups is 19. The summed E-state index contributed by atoms with van der Waals surface area (Å²) >= 11 is 0. The van der Waals surface area contributed by atoms with E-state index in [2.05, 4.69) is 47.9 Å². The highest BCUT2D eigenvalue weighted by Gasteiger charge is 2.54. The number of amides is 9. The second-order valence-electron chi connectivity index (χ2n) is 33.4. The van der Waals surface area contributed by atoms with Gasteiger partial charge < -0.3 is 125 Å². The van der Waals surface area contributed by atoms with E-state index < -0.39 is 168 Å². The third-order valence-electron chi connectivity index (χ3n) is 21.2. The van der Waals surface area contributed by atoms with E-state index in [0.29, 0.717) is 122 Å². The molecule has 0 aromatic rings. The molecule has 0 spiro atoms. The zero-order valence-corrected chi connectivity index (χ0v) is 79.3. The molecule has 0 saturated carbocycles. The molecule has 3 aliphatic heterocycles. The summed E-state index contributed by atoms with van der Waals surface area (Å²) in [7, 11) is 0. The largest absolute Gasteiger partial charge is 0.463 e. The number of hydrogen-bond acceptors (Lipinski definition) is 35. The van der Waals surface area contributed by atoms with Crippen molar-refractivity contribution in [1.29, 1.82) is 0 Å². The molecule has 11 N–H and O–H groups in total. The predicted molar refractivity (Wildman–Crippen MR) is 469 cm³/mol. The normalized spacial score (nSPS) is 21.7. The Morgan fingerprint density at radius 3 is 0.752 bits per heavy atom. The summed E-state index contributed by atoms with van der Waals surface area (Å²) in [4.78, 5) is 238. The Labute approximate surface area is 777 Å². The average Bonchev–Trinajstić information content (AvgIpc) is 0.793. The topological polar surface area (TPSA) is 597 Å². The van der Waals surface area contributed by atoms with Gasteiger partial charge >= 0.3 is 53.7 Å². The molecule has 3 heterocycles. The maximum atomic E-state index is 13.9. The summed E-state index contributed by atoms with van der Waals surface area (Å²) in [6.45, 7) is 14.3. The quantitative estimate of drug-likeness (QED) is 0.0234. The standard InChI is InChI=1S/C89H146N10O34/c1-55(100)97-80-68(131-71(49-122-58(4)103)83(125-61(7)106)86(80)128-64(10)109)29-18-13-21-32-74(113)91-39-25-42-94-77(116)35-45-119-52-89(48-67(112)28-17-16-24-38-90,53-120-46-36-78(117)95-43-26-40-92-75(114)33-22-14-19-30-69-81(98-56(2)101)87(129-65(11)110)84(126-62(8)107)72(132-69)50-123-59(5)104)54-121-47-37-79(118)96-44-27-41-93-76(115)34-23-15-20-31-70-82(99-57(3)102)88(130-66(12)111)85(127-63(9)108)73(133-70)51-124-60(6)105/h68-73,80-88H,13-54,90H2,1-12H3,(H,91,113)(H,92,114)(H,93,115)(H,94,116)(H,95,117)(H,96,118)(H,97,100)(H,98,101)(H,99,102)/t68?,69?,70?,71-,72-,73-,80-,81-,82-,83+,84+,85+,86-,87-,88-,89?/m1/s1. The van der Waals surface area contributed by atoms with Gasteiger partial charge in [0.2, 0.25) is 53.2 Å². The van der Waals surface area contributed by atoms with E-state index in [1.807, 2.05) is 0 Å². The van der Waals surface area contributed by atoms with Gasteiger partial charge in [0, 0.05) is 179 Å². The zero-order valence-electron chi connectivity index (χ0n) is 79.3. The molecule has 0 aromatic carbocycles. The van der Waals surface area contributed by atoms with Crippen LogP contribution in [0.1, 0.15) is 250 Å². The summed E-state index contributed by atoms with van der Waals surface area (Å²) in [6.07, 6.45) is -3.80. The summed E-state index contributed by atoms with van der Waals surface area (Å²) in [5.74, 6) is -9.53. The number of rotatable bonds is 67. The van der Waals surface area contributed by atoms with E-state index >= 15 is 0 Å². The van der Waals surface area contributed by atoms with E-state index in [-0.39, 0.29) is 191 Å². The lowest BCUT2D eigenvalue weighted by Gasteiger charge is -2.45. The van der Waals surface area contributed by atoms with Crippen LogP contribution in [0.25, 0.3) is 0 Å². The van der Waals surface area contributed by atoms with Gasteiger partial charge in [-0.25, -0.2) is 0 Å². The maximum Gasteiger partial charge on any atom is 0.303 e. The van der Waals surface area contributed by atoms with Crippen molar-refractivity contribution in [3.05, 3.63) is 0 Å². The Bertz CT molecular complexity index is 3360. The number of Topliss-reactive ketones (excluding diaryl/α,β-unsaturated/α-hetero) is 1. The first-order chi connectivity index (χ1) is 63.2. The predicted octanol–water partition coefficient (Wildman–Crippen LogP) is 1.49. The lowest BCUT2D eigenvalue weighted by Crippen LogP contribution is -2.66. The van der Waals surface area contributed by atoms with E-state index in [9.17, 15) is 91.1 Å². The highest BCUT2D eigenvalue weighted by molar-refractivity contribution is 5.81. The molecule has 3 rings (SSSR count). The van der Waals surface area contributed by atoms with E-state index in [4.69, 9.17) is 76.8 Å². The Morgan fingerprint density at radius 1 is 0.271 bits per heavy atom. The van der Waals surface area contributed by atoms with Crippen LogP contribution in [0.2, 0.25) is 0 Å². The van der Waals surface area contributed by atoms with Crippen molar-refractivity contribution in [2.45, 2.75) is 341 Å². The molecular weight excluding hydrogens is 1750 g/mol. The van der Waals surface area contributed by atoms with Crippen molar-refractivity contribution in [3.63, 3.8) is 0 Å². The average molecular weight is 1900 g/mol. The number of nitrogens with two attached hydrogens (primary N) is 1. The molecule has 44 nitrogen and oxygen atoms in total. The van der Waals surface area contributed by atoms with Crippen molar-refractivity contribution < 1.29 is 162 Å². The molecular formula is C89H146N10O34. The third kappa shape index (κ3) is 51.8. The summed E-state index contributed by atoms with van der Waals surface area (Å²) in [5.41, 5.74) is 4.56. The van der Waals surface area contributed by atoms with Crippen molar-refractivity contribution in [2.75, 3.05) is 105 Å². The van der Waals surface area contributed by atoms with Crippen LogP contribution in [0.15, 0.2) is 0 Å². The number of nitrogens with one attached hydrogen (secondary N) is 9. The van der Waals surface area contributed by atoms with Gasteiger partial charge in [-0.05, 0) is 77.2 Å². The molecule has 3 unspecified atom stereocenters. The minimum atomic E-state index is -1.22. The molecule has 0 aromatic heterocycles. The second-order valence-corrected chi connectivity index (χ2v) is 33.4. The molecule has 0 aliphatic carbocycles. The highest BCUT2D eigenvalue weighted by Crippen LogP contribution is 2.35. The van der Waals surface area contributed by atoms with Gasteiger partial charge in [0.05, 0.1) is 76.1 Å². The Hall–Kier alpha value is -10.1. The zero-order chi connectivity index (χ0) is 98.8. The van der Waals surface area contributed by atoms with Gasteiger partial charge in [-0.1, -0.05) is 44.9 Å². The van der Waals surface area contributed by atoms with Crippen LogP contribution in [-0.2, 0) is 162 Å².